The number of para-hydroxylation sites is 1. The number of nitrogens with one attached hydrogen (secondary N) is 1. The molecule has 3 aromatic rings. The van der Waals surface area contributed by atoms with Crippen LogP contribution in [0.1, 0.15) is 47.8 Å². The first-order valence-electron chi connectivity index (χ1n) is 9.96. The van der Waals surface area contributed by atoms with Gasteiger partial charge in [0.2, 0.25) is 5.91 Å². The maximum Gasteiger partial charge on any atom is 0.280 e. The Bertz CT molecular complexity index is 1070. The summed E-state index contributed by atoms with van der Waals surface area (Å²) in [6.45, 7) is 0. The predicted molar refractivity (Wildman–Crippen MR) is 113 cm³/mol. The van der Waals surface area contributed by atoms with Crippen LogP contribution in [0.25, 0.3) is 0 Å². The van der Waals surface area contributed by atoms with Crippen LogP contribution in [0.5, 0.6) is 0 Å². The molecule has 0 unspecified atom stereocenters. The zero-order valence-corrected chi connectivity index (χ0v) is 17.3. The second-order valence-corrected chi connectivity index (χ2v) is 7.94. The number of hydrogen-bond acceptors (Lipinski definition) is 5. The van der Waals surface area contributed by atoms with Gasteiger partial charge < -0.3 is 5.32 Å². The van der Waals surface area contributed by atoms with Gasteiger partial charge >= 0.3 is 0 Å². The van der Waals surface area contributed by atoms with Gasteiger partial charge in [0.15, 0.2) is 5.69 Å². The fourth-order valence-electron chi connectivity index (χ4n) is 3.84. The monoisotopic (exact) mass is 442 g/mol. The second kappa shape index (κ2) is 9.30. The van der Waals surface area contributed by atoms with Crippen LogP contribution >= 0.6 is 11.5 Å². The molecule has 1 aliphatic carbocycles. The zero-order valence-electron chi connectivity index (χ0n) is 16.5. The number of nitrogens with zero attached hydrogens (tertiary/aromatic N) is 3. The number of carbonyl (C=O) groups excluding carboxylic acids is 2. The summed E-state index contributed by atoms with van der Waals surface area (Å²) in [6, 6.07) is 9.79. The predicted octanol–water partition coefficient (Wildman–Crippen LogP) is 4.26. The molecule has 1 saturated carbocycles. The lowest BCUT2D eigenvalue weighted by Gasteiger charge is -2.32. The van der Waals surface area contributed by atoms with E-state index in [2.05, 4.69) is 14.9 Å². The first-order chi connectivity index (χ1) is 15.1. The fourth-order valence-corrected chi connectivity index (χ4v) is 4.27. The Hall–Kier alpha value is -3.20. The fraction of sp³-hybridized carbons (Fsp3) is 0.273. The second-order valence-electron chi connectivity index (χ2n) is 7.33. The number of rotatable bonds is 6. The molecule has 9 heteroatoms. The topological polar surface area (TPSA) is 75.2 Å². The number of benzene rings is 2. The molecule has 4 rings (SSSR count). The highest BCUT2D eigenvalue weighted by Crippen LogP contribution is 2.33. The number of hydrogen-bond donors (Lipinski definition) is 1. The molecule has 160 valence electrons. The van der Waals surface area contributed by atoms with Gasteiger partial charge in [0.25, 0.3) is 5.91 Å². The van der Waals surface area contributed by atoms with Crippen LogP contribution in [-0.4, -0.2) is 27.4 Å². The van der Waals surface area contributed by atoms with E-state index in [1.54, 1.807) is 12.1 Å². The van der Waals surface area contributed by atoms with E-state index in [4.69, 9.17) is 0 Å². The third-order valence-corrected chi connectivity index (χ3v) is 5.82. The molecule has 0 spiro atoms. The summed E-state index contributed by atoms with van der Waals surface area (Å²) in [5.41, 5.74) is -0.226. The van der Waals surface area contributed by atoms with Gasteiger partial charge in [-0.2, -0.15) is 0 Å². The summed E-state index contributed by atoms with van der Waals surface area (Å²) in [4.78, 5) is 27.8. The van der Waals surface area contributed by atoms with Crippen LogP contribution in [0.3, 0.4) is 0 Å². The summed E-state index contributed by atoms with van der Waals surface area (Å²) in [5, 5.41) is 8.11. The Kier molecular flexibility index (Phi) is 6.31. The minimum atomic E-state index is -1.42. The van der Waals surface area contributed by atoms with E-state index in [1.807, 2.05) is 0 Å². The molecule has 1 N–H and O–H groups in total. The molecule has 2 amide bonds. The third kappa shape index (κ3) is 4.46. The molecule has 0 saturated heterocycles. The van der Waals surface area contributed by atoms with E-state index in [1.165, 1.54) is 41.8 Å². The molecule has 2 aromatic carbocycles. The maximum absolute atomic E-state index is 14.9. The average molecular weight is 442 g/mol. The highest BCUT2D eigenvalue weighted by Gasteiger charge is 2.38. The van der Waals surface area contributed by atoms with Crippen LogP contribution in [0.4, 0.5) is 14.5 Å². The van der Waals surface area contributed by atoms with Crippen molar-refractivity contribution in [3.63, 3.8) is 0 Å². The van der Waals surface area contributed by atoms with Gasteiger partial charge in [0.05, 0.1) is 5.69 Å². The van der Waals surface area contributed by atoms with Gasteiger partial charge in [0.1, 0.15) is 17.7 Å². The molecule has 1 aromatic heterocycles. The lowest BCUT2D eigenvalue weighted by atomic mass is 10.0. The van der Waals surface area contributed by atoms with Crippen LogP contribution in [0.15, 0.2) is 53.9 Å². The standard InChI is InChI=1S/C22H20F2N4O2S/c23-16-10-4-3-9-15(16)20(21(29)25-14-7-1-2-8-14)28(19-12-6-5-11-17(19)24)22(30)18-13-31-27-26-18/h3-6,9-14,20H,1-2,7-8H2,(H,25,29)/t20-/m0/s1. The maximum atomic E-state index is 14.9. The Balaban J connectivity index is 1.84. The van der Waals surface area contributed by atoms with Gasteiger partial charge in [-0.25, -0.2) is 8.78 Å². The Morgan fingerprint density at radius 1 is 1.03 bits per heavy atom. The molecule has 6 nitrogen and oxygen atoms in total. The minimum Gasteiger partial charge on any atom is -0.351 e. The van der Waals surface area contributed by atoms with E-state index in [0.29, 0.717) is 0 Å². The van der Waals surface area contributed by atoms with Crippen molar-refractivity contribution < 1.29 is 18.4 Å². The van der Waals surface area contributed by atoms with Gasteiger partial charge in [0, 0.05) is 17.0 Å². The molecule has 0 bridgehead atoms. The minimum absolute atomic E-state index is 0.0298. The van der Waals surface area contributed by atoms with Gasteiger partial charge in [-0.1, -0.05) is 47.7 Å². The van der Waals surface area contributed by atoms with Crippen molar-refractivity contribution in [3.05, 3.63) is 76.8 Å². The molecular weight excluding hydrogens is 422 g/mol. The average Bonchev–Trinajstić information content (AvgIpc) is 3.47. The van der Waals surface area contributed by atoms with Crippen LogP contribution < -0.4 is 10.2 Å². The van der Waals surface area contributed by atoms with Gasteiger partial charge in [-0.05, 0) is 42.6 Å². The quantitative estimate of drug-likeness (QED) is 0.619. The lowest BCUT2D eigenvalue weighted by Crippen LogP contribution is -2.47. The molecule has 1 fully saturated rings. The van der Waals surface area contributed by atoms with Crippen LogP contribution in [0, 0.1) is 11.6 Å². The van der Waals surface area contributed by atoms with Crippen molar-refractivity contribution in [2.75, 3.05) is 4.90 Å². The summed E-state index contributed by atoms with van der Waals surface area (Å²) in [6.07, 6.45) is 3.57. The lowest BCUT2D eigenvalue weighted by molar-refractivity contribution is -0.123. The molecule has 1 heterocycles. The molecule has 0 radical (unpaired) electrons. The van der Waals surface area contributed by atoms with Crippen molar-refractivity contribution in [1.82, 2.24) is 14.9 Å². The highest BCUT2D eigenvalue weighted by molar-refractivity contribution is 7.03. The van der Waals surface area contributed by atoms with E-state index in [0.717, 1.165) is 42.1 Å². The SMILES string of the molecule is O=C(NC1CCCC1)[C@H](c1ccccc1F)N(C(=O)c1csnn1)c1ccccc1F. The summed E-state index contributed by atoms with van der Waals surface area (Å²) >= 11 is 0.953. The zero-order chi connectivity index (χ0) is 21.8. The number of halogens is 2. The number of anilines is 1. The molecule has 1 atom stereocenters. The van der Waals surface area contributed by atoms with Crippen molar-refractivity contribution >= 4 is 29.0 Å². The van der Waals surface area contributed by atoms with Gasteiger partial charge in [-0.15, -0.1) is 5.10 Å². The molecule has 0 aliphatic heterocycles. The molecule has 1 aliphatic rings. The van der Waals surface area contributed by atoms with Crippen molar-refractivity contribution in [3.8, 4) is 0 Å². The molecule has 31 heavy (non-hydrogen) atoms. The summed E-state index contributed by atoms with van der Waals surface area (Å²) < 4.78 is 33.4. The number of carbonyl (C=O) groups is 2. The largest absolute Gasteiger partial charge is 0.351 e. The van der Waals surface area contributed by atoms with E-state index < -0.39 is 29.5 Å². The van der Waals surface area contributed by atoms with Gasteiger partial charge in [-0.3, -0.25) is 14.5 Å². The van der Waals surface area contributed by atoms with E-state index in [-0.39, 0.29) is 23.0 Å². The molecular formula is C22H20F2N4O2S. The van der Waals surface area contributed by atoms with E-state index >= 15 is 0 Å². The number of aromatic nitrogens is 2. The summed E-state index contributed by atoms with van der Waals surface area (Å²) in [7, 11) is 0. The third-order valence-electron chi connectivity index (χ3n) is 5.32. The van der Waals surface area contributed by atoms with Crippen LogP contribution in [0.2, 0.25) is 0 Å². The van der Waals surface area contributed by atoms with Crippen molar-refractivity contribution in [2.24, 2.45) is 0 Å². The number of amides is 2. The summed E-state index contributed by atoms with van der Waals surface area (Å²) in [5.74, 6) is -2.70. The first-order valence-corrected chi connectivity index (χ1v) is 10.8. The Morgan fingerprint density at radius 2 is 1.71 bits per heavy atom. The normalized spacial score (nSPS) is 14.9. The Labute approximate surface area is 182 Å². The smallest absolute Gasteiger partial charge is 0.280 e. The van der Waals surface area contributed by atoms with E-state index in [9.17, 15) is 18.4 Å². The Morgan fingerprint density at radius 3 is 2.35 bits per heavy atom. The van der Waals surface area contributed by atoms with Crippen molar-refractivity contribution in [2.45, 2.75) is 37.8 Å². The van der Waals surface area contributed by atoms with Crippen LogP contribution in [-0.2, 0) is 4.79 Å². The van der Waals surface area contributed by atoms with Crippen molar-refractivity contribution in [1.29, 1.82) is 0 Å². The highest BCUT2D eigenvalue weighted by atomic mass is 32.1. The first kappa shape index (κ1) is 21.0.